The van der Waals surface area contributed by atoms with E-state index < -0.39 is 0 Å². The van der Waals surface area contributed by atoms with E-state index in [0.717, 1.165) is 36.5 Å². The summed E-state index contributed by atoms with van der Waals surface area (Å²) in [7, 11) is 0. The van der Waals surface area contributed by atoms with Crippen LogP contribution in [0.2, 0.25) is 0 Å². The number of hydrogen-bond acceptors (Lipinski definition) is 6. The van der Waals surface area contributed by atoms with Crippen molar-refractivity contribution in [3.63, 3.8) is 0 Å². The maximum absolute atomic E-state index is 4.61. The second-order valence-corrected chi connectivity index (χ2v) is 6.66. The fourth-order valence-corrected chi connectivity index (χ4v) is 3.48. The molecule has 0 spiro atoms. The molecule has 1 aromatic carbocycles. The van der Waals surface area contributed by atoms with Gasteiger partial charge in [0.15, 0.2) is 0 Å². The van der Waals surface area contributed by atoms with Crippen molar-refractivity contribution < 1.29 is 0 Å². The van der Waals surface area contributed by atoms with Crippen molar-refractivity contribution in [3.05, 3.63) is 55.4 Å². The van der Waals surface area contributed by atoms with Crippen LogP contribution in [0.3, 0.4) is 0 Å². The molecule has 130 valence electrons. The Balaban J connectivity index is 1.35. The Morgan fingerprint density at radius 3 is 2.77 bits per heavy atom. The number of nitrogens with one attached hydrogen (secondary N) is 1. The summed E-state index contributed by atoms with van der Waals surface area (Å²) in [6, 6.07) is 12.6. The van der Waals surface area contributed by atoms with Gasteiger partial charge < -0.3 is 5.32 Å². The average Bonchev–Trinajstić information content (AvgIpc) is 3.32. The third-order valence-electron chi connectivity index (χ3n) is 4.82. The summed E-state index contributed by atoms with van der Waals surface area (Å²) in [6.45, 7) is 0.919. The first kappa shape index (κ1) is 15.0. The Morgan fingerprint density at radius 2 is 1.96 bits per heavy atom. The smallest absolute Gasteiger partial charge is 0.254 e. The monoisotopic (exact) mass is 346 g/mol. The predicted octanol–water partition coefficient (Wildman–Crippen LogP) is 2.27. The largest absolute Gasteiger partial charge is 0.367 e. The van der Waals surface area contributed by atoms with E-state index >= 15 is 0 Å². The molecular weight excluding hydrogens is 328 g/mol. The summed E-state index contributed by atoms with van der Waals surface area (Å²) in [5.41, 5.74) is 1.96. The van der Waals surface area contributed by atoms with Gasteiger partial charge in [0.1, 0.15) is 24.8 Å². The number of benzene rings is 1. The third kappa shape index (κ3) is 2.79. The van der Waals surface area contributed by atoms with Crippen molar-refractivity contribution in [1.82, 2.24) is 34.3 Å². The quantitative estimate of drug-likeness (QED) is 0.597. The highest BCUT2D eigenvalue weighted by Gasteiger charge is 2.30. The Bertz CT molecular complexity index is 1000. The van der Waals surface area contributed by atoms with E-state index in [1.54, 1.807) is 17.2 Å². The molecule has 0 amide bonds. The second kappa shape index (κ2) is 6.21. The number of fused-ring (bicyclic) bond motifs is 1. The zero-order chi connectivity index (χ0) is 17.3. The highest BCUT2D eigenvalue weighted by Crippen LogP contribution is 2.32. The molecular formula is C18H18N8. The normalized spacial score (nSPS) is 19.4. The van der Waals surface area contributed by atoms with Crippen LogP contribution in [0.1, 0.15) is 12.8 Å². The lowest BCUT2D eigenvalue weighted by molar-refractivity contribution is 0.240. The van der Waals surface area contributed by atoms with Crippen LogP contribution in [0.4, 0.5) is 5.82 Å². The maximum Gasteiger partial charge on any atom is 0.254 e. The number of hydrogen-bond donors (Lipinski definition) is 1. The maximum atomic E-state index is 4.61. The standard InChI is InChI=1S/C18H18N8/c1-2-4-14(5-3-1)16-8-17(26-18(24-16)20-11-22-26)23-15-6-13(7-15)9-25-12-19-10-21-25/h1-5,8,10-13,15,23H,6-7,9H2. The molecule has 1 aliphatic carbocycles. The molecule has 1 aliphatic rings. The minimum atomic E-state index is 0.418. The van der Waals surface area contributed by atoms with Crippen molar-refractivity contribution in [2.45, 2.75) is 25.4 Å². The molecule has 8 nitrogen and oxygen atoms in total. The molecule has 0 unspecified atom stereocenters. The van der Waals surface area contributed by atoms with Gasteiger partial charge >= 0.3 is 0 Å². The van der Waals surface area contributed by atoms with Crippen LogP contribution in [-0.4, -0.2) is 40.4 Å². The van der Waals surface area contributed by atoms with Gasteiger partial charge in [0.25, 0.3) is 5.78 Å². The van der Waals surface area contributed by atoms with E-state index in [1.807, 2.05) is 28.9 Å². The van der Waals surface area contributed by atoms with E-state index in [0.29, 0.717) is 17.7 Å². The first-order valence-electron chi connectivity index (χ1n) is 8.70. The van der Waals surface area contributed by atoms with Crippen LogP contribution in [0, 0.1) is 5.92 Å². The molecule has 8 heteroatoms. The van der Waals surface area contributed by atoms with Gasteiger partial charge in [-0.05, 0) is 18.8 Å². The van der Waals surface area contributed by atoms with Crippen molar-refractivity contribution >= 4 is 11.6 Å². The van der Waals surface area contributed by atoms with E-state index in [9.17, 15) is 0 Å². The van der Waals surface area contributed by atoms with E-state index in [-0.39, 0.29) is 0 Å². The molecule has 5 rings (SSSR count). The van der Waals surface area contributed by atoms with Crippen molar-refractivity contribution in [1.29, 1.82) is 0 Å². The fraction of sp³-hybridized carbons (Fsp3) is 0.278. The minimum absolute atomic E-state index is 0.418. The van der Waals surface area contributed by atoms with Gasteiger partial charge in [0, 0.05) is 24.2 Å². The zero-order valence-electron chi connectivity index (χ0n) is 14.1. The summed E-state index contributed by atoms with van der Waals surface area (Å²) in [6.07, 6.45) is 7.08. The molecule has 0 saturated heterocycles. The number of anilines is 1. The van der Waals surface area contributed by atoms with Crippen LogP contribution in [0.5, 0.6) is 0 Å². The highest BCUT2D eigenvalue weighted by molar-refractivity contribution is 5.65. The van der Waals surface area contributed by atoms with Gasteiger partial charge in [-0.2, -0.15) is 19.7 Å². The molecule has 3 heterocycles. The van der Waals surface area contributed by atoms with Crippen LogP contribution < -0.4 is 5.32 Å². The topological polar surface area (TPSA) is 85.8 Å². The third-order valence-corrected chi connectivity index (χ3v) is 4.82. The van der Waals surface area contributed by atoms with Crippen LogP contribution in [-0.2, 0) is 6.54 Å². The van der Waals surface area contributed by atoms with Crippen molar-refractivity contribution in [2.75, 3.05) is 5.32 Å². The molecule has 1 fully saturated rings. The minimum Gasteiger partial charge on any atom is -0.367 e. The first-order chi connectivity index (χ1) is 12.8. The molecule has 0 radical (unpaired) electrons. The van der Waals surface area contributed by atoms with E-state index in [1.165, 1.54) is 6.33 Å². The molecule has 0 atom stereocenters. The van der Waals surface area contributed by atoms with Gasteiger partial charge in [0.2, 0.25) is 0 Å². The van der Waals surface area contributed by atoms with Gasteiger partial charge in [0.05, 0.1) is 5.69 Å². The summed E-state index contributed by atoms with van der Waals surface area (Å²) in [5, 5.41) is 12.1. The summed E-state index contributed by atoms with van der Waals surface area (Å²) in [4.78, 5) is 12.9. The molecule has 0 bridgehead atoms. The Labute approximate surface area is 149 Å². The SMILES string of the molecule is c1ccc(-c2cc(NC3CC(Cn4cncn4)C3)n3ncnc3n2)cc1. The predicted molar refractivity (Wildman–Crippen MR) is 96.4 cm³/mol. The lowest BCUT2D eigenvalue weighted by Crippen LogP contribution is -2.38. The average molecular weight is 346 g/mol. The second-order valence-electron chi connectivity index (χ2n) is 6.66. The van der Waals surface area contributed by atoms with Gasteiger partial charge in [-0.25, -0.2) is 9.97 Å². The summed E-state index contributed by atoms with van der Waals surface area (Å²) < 4.78 is 3.66. The summed E-state index contributed by atoms with van der Waals surface area (Å²) >= 11 is 0. The zero-order valence-corrected chi connectivity index (χ0v) is 14.1. The first-order valence-corrected chi connectivity index (χ1v) is 8.70. The van der Waals surface area contributed by atoms with Crippen LogP contribution in [0.15, 0.2) is 55.4 Å². The number of aromatic nitrogens is 7. The van der Waals surface area contributed by atoms with Gasteiger partial charge in [-0.1, -0.05) is 30.3 Å². The molecule has 3 aromatic heterocycles. The Morgan fingerprint density at radius 1 is 1.08 bits per heavy atom. The Kier molecular flexibility index (Phi) is 3.59. The lowest BCUT2D eigenvalue weighted by atomic mass is 9.80. The number of rotatable bonds is 5. The van der Waals surface area contributed by atoms with E-state index in [4.69, 9.17) is 0 Å². The molecule has 26 heavy (non-hydrogen) atoms. The molecule has 0 aliphatic heterocycles. The molecule has 4 aromatic rings. The van der Waals surface area contributed by atoms with Crippen molar-refractivity contribution in [3.8, 4) is 11.3 Å². The van der Waals surface area contributed by atoms with Gasteiger partial charge in [-0.3, -0.25) is 4.68 Å². The van der Waals surface area contributed by atoms with Crippen LogP contribution >= 0.6 is 0 Å². The molecule has 1 N–H and O–H groups in total. The molecule has 1 saturated carbocycles. The van der Waals surface area contributed by atoms with E-state index in [2.05, 4.69) is 42.6 Å². The van der Waals surface area contributed by atoms with Crippen LogP contribution in [0.25, 0.3) is 17.0 Å². The lowest BCUT2D eigenvalue weighted by Gasteiger charge is -2.36. The highest BCUT2D eigenvalue weighted by atomic mass is 15.4. The van der Waals surface area contributed by atoms with Crippen molar-refractivity contribution in [2.24, 2.45) is 5.92 Å². The Hall–Kier alpha value is -3.29. The number of nitrogens with zero attached hydrogens (tertiary/aromatic N) is 7. The summed E-state index contributed by atoms with van der Waals surface area (Å²) in [5.74, 6) is 2.15. The fourth-order valence-electron chi connectivity index (χ4n) is 3.48. The van der Waals surface area contributed by atoms with Gasteiger partial charge in [-0.15, -0.1) is 0 Å².